The number of hydrogen-bond acceptors (Lipinski definition) is 3. The molecular weight excluding hydrogens is 158 g/mol. The van der Waals surface area contributed by atoms with Crippen LogP contribution in [0.4, 0.5) is 0 Å². The van der Waals surface area contributed by atoms with Gasteiger partial charge in [-0.1, -0.05) is 6.92 Å². The summed E-state index contributed by atoms with van der Waals surface area (Å²) >= 11 is 0. The normalized spacial score (nSPS) is 29.2. The molecule has 0 N–H and O–H groups in total. The van der Waals surface area contributed by atoms with E-state index in [4.69, 9.17) is 0 Å². The van der Waals surface area contributed by atoms with Crippen molar-refractivity contribution in [2.24, 2.45) is 5.41 Å². The van der Waals surface area contributed by atoms with Crippen molar-refractivity contribution in [2.75, 3.05) is 6.54 Å². The summed E-state index contributed by atoms with van der Waals surface area (Å²) in [5.41, 5.74) is -0.396. The van der Waals surface area contributed by atoms with Crippen molar-refractivity contribution in [1.82, 2.24) is 0 Å². The molecule has 1 unspecified atom stereocenters. The predicted octanol–water partition coefficient (Wildman–Crippen LogP) is 1.41. The van der Waals surface area contributed by atoms with Gasteiger partial charge in [0.1, 0.15) is 5.78 Å². The molecule has 0 heterocycles. The zero-order valence-electron chi connectivity index (χ0n) is 7.21. The van der Waals surface area contributed by atoms with Gasteiger partial charge in [-0.15, -0.1) is 0 Å². The highest BCUT2D eigenvalue weighted by Gasteiger charge is 2.38. The van der Waals surface area contributed by atoms with E-state index in [-0.39, 0.29) is 17.3 Å². The van der Waals surface area contributed by atoms with Gasteiger partial charge in [0.05, 0.1) is 0 Å². The van der Waals surface area contributed by atoms with E-state index in [1.165, 1.54) is 0 Å². The Bertz CT molecular complexity index is 214. The first-order valence-corrected chi connectivity index (χ1v) is 4.20. The van der Waals surface area contributed by atoms with Crippen molar-refractivity contribution in [3.05, 3.63) is 10.1 Å². The molecule has 1 atom stereocenters. The van der Waals surface area contributed by atoms with E-state index in [9.17, 15) is 14.9 Å². The fraction of sp³-hybridized carbons (Fsp3) is 0.875. The molecule has 0 aliphatic heterocycles. The Morgan fingerprint density at radius 1 is 1.67 bits per heavy atom. The molecule has 12 heavy (non-hydrogen) atoms. The maximum atomic E-state index is 11.3. The lowest BCUT2D eigenvalue weighted by atomic mass is 9.84. The summed E-state index contributed by atoms with van der Waals surface area (Å²) in [5.74, 6) is 0.198. The Kier molecular flexibility index (Phi) is 2.45. The number of Topliss-reactive ketones (excluding diaryl/α,β-unsaturated/α-hetero) is 1. The first-order valence-electron chi connectivity index (χ1n) is 4.20. The minimum absolute atomic E-state index is 0.0811. The smallest absolute Gasteiger partial charge is 0.204 e. The maximum absolute atomic E-state index is 11.3. The van der Waals surface area contributed by atoms with E-state index in [1.54, 1.807) is 0 Å². The van der Waals surface area contributed by atoms with Gasteiger partial charge in [-0.05, 0) is 12.8 Å². The Hall–Kier alpha value is -0.930. The molecule has 1 aliphatic rings. The highest BCUT2D eigenvalue weighted by Crippen LogP contribution is 2.37. The van der Waals surface area contributed by atoms with Crippen LogP contribution in [-0.4, -0.2) is 17.3 Å². The van der Waals surface area contributed by atoms with Crippen LogP contribution in [0.3, 0.4) is 0 Å². The van der Waals surface area contributed by atoms with Gasteiger partial charge < -0.3 is 0 Å². The van der Waals surface area contributed by atoms with Crippen LogP contribution in [0.2, 0.25) is 0 Å². The second-order valence-electron chi connectivity index (χ2n) is 3.64. The number of nitrogens with zero attached hydrogens (tertiary/aromatic N) is 1. The molecule has 0 amide bonds. The molecule has 0 aromatic heterocycles. The van der Waals surface area contributed by atoms with E-state index in [2.05, 4.69) is 0 Å². The van der Waals surface area contributed by atoms with Crippen LogP contribution in [0.5, 0.6) is 0 Å². The number of rotatable bonds is 3. The summed E-state index contributed by atoms with van der Waals surface area (Å²) in [6, 6.07) is 0. The molecule has 1 aliphatic carbocycles. The minimum atomic E-state index is -0.396. The predicted molar refractivity (Wildman–Crippen MR) is 43.4 cm³/mol. The molecular formula is C8H13NO3. The molecule has 0 bridgehead atoms. The molecule has 1 fully saturated rings. The van der Waals surface area contributed by atoms with Gasteiger partial charge in [0.25, 0.3) is 0 Å². The summed E-state index contributed by atoms with van der Waals surface area (Å²) in [6.45, 7) is 1.76. The first-order chi connectivity index (χ1) is 5.54. The van der Waals surface area contributed by atoms with Crippen molar-refractivity contribution in [3.63, 3.8) is 0 Å². The number of carbonyl (C=O) groups is 1. The number of nitro groups is 1. The van der Waals surface area contributed by atoms with Gasteiger partial charge in [-0.25, -0.2) is 0 Å². The van der Waals surface area contributed by atoms with E-state index in [1.807, 2.05) is 6.92 Å². The lowest BCUT2D eigenvalue weighted by Crippen LogP contribution is -2.24. The zero-order valence-corrected chi connectivity index (χ0v) is 7.21. The summed E-state index contributed by atoms with van der Waals surface area (Å²) in [4.78, 5) is 21.0. The molecule has 0 saturated heterocycles. The molecule has 0 aromatic rings. The summed E-state index contributed by atoms with van der Waals surface area (Å²) in [5, 5.41) is 10.1. The Morgan fingerprint density at radius 2 is 2.33 bits per heavy atom. The van der Waals surface area contributed by atoms with Crippen LogP contribution in [-0.2, 0) is 4.79 Å². The lowest BCUT2D eigenvalue weighted by molar-refractivity contribution is -0.482. The van der Waals surface area contributed by atoms with Crippen molar-refractivity contribution in [2.45, 2.75) is 32.6 Å². The number of hydrogen-bond donors (Lipinski definition) is 0. The minimum Gasteiger partial charge on any atom is -0.299 e. The highest BCUT2D eigenvalue weighted by atomic mass is 16.6. The molecule has 0 spiro atoms. The average molecular weight is 171 g/mol. The van der Waals surface area contributed by atoms with E-state index in [0.717, 1.165) is 12.8 Å². The third-order valence-electron chi connectivity index (χ3n) is 2.65. The second-order valence-corrected chi connectivity index (χ2v) is 3.64. The van der Waals surface area contributed by atoms with E-state index < -0.39 is 5.41 Å². The van der Waals surface area contributed by atoms with Crippen LogP contribution in [0, 0.1) is 15.5 Å². The first kappa shape index (κ1) is 9.16. The highest BCUT2D eigenvalue weighted by molar-refractivity contribution is 5.86. The molecule has 4 nitrogen and oxygen atoms in total. The van der Waals surface area contributed by atoms with Crippen molar-refractivity contribution in [3.8, 4) is 0 Å². The monoisotopic (exact) mass is 171 g/mol. The summed E-state index contributed by atoms with van der Waals surface area (Å²) < 4.78 is 0. The summed E-state index contributed by atoms with van der Waals surface area (Å²) in [7, 11) is 0. The fourth-order valence-electron chi connectivity index (χ4n) is 1.68. The largest absolute Gasteiger partial charge is 0.299 e. The number of ketones is 1. The molecule has 68 valence electrons. The SMILES string of the molecule is CC1(CC[N+](=O)[O-])CCCC1=O. The molecule has 4 heteroatoms. The van der Waals surface area contributed by atoms with Crippen LogP contribution >= 0.6 is 0 Å². The standard InChI is InChI=1S/C8H13NO3/c1-8(5-6-9(11)12)4-2-3-7(8)10/h2-6H2,1H3. The summed E-state index contributed by atoms with van der Waals surface area (Å²) in [6.07, 6.45) is 2.72. The van der Waals surface area contributed by atoms with Gasteiger partial charge in [0, 0.05) is 23.2 Å². The van der Waals surface area contributed by atoms with E-state index in [0.29, 0.717) is 12.8 Å². The molecule has 0 radical (unpaired) electrons. The van der Waals surface area contributed by atoms with Crippen molar-refractivity contribution < 1.29 is 9.72 Å². The quantitative estimate of drug-likeness (QED) is 0.476. The van der Waals surface area contributed by atoms with Gasteiger partial charge in [0.2, 0.25) is 6.54 Å². The van der Waals surface area contributed by atoms with Crippen molar-refractivity contribution in [1.29, 1.82) is 0 Å². The van der Waals surface area contributed by atoms with E-state index >= 15 is 0 Å². The molecule has 1 rings (SSSR count). The fourth-order valence-corrected chi connectivity index (χ4v) is 1.68. The number of carbonyl (C=O) groups excluding carboxylic acids is 1. The topological polar surface area (TPSA) is 60.2 Å². The third kappa shape index (κ3) is 1.81. The Labute approximate surface area is 71.1 Å². The lowest BCUT2D eigenvalue weighted by Gasteiger charge is -2.18. The average Bonchev–Trinajstić information content (AvgIpc) is 2.30. The third-order valence-corrected chi connectivity index (χ3v) is 2.65. The van der Waals surface area contributed by atoms with Crippen molar-refractivity contribution >= 4 is 5.78 Å². The molecule has 1 saturated carbocycles. The van der Waals surface area contributed by atoms with Crippen LogP contribution < -0.4 is 0 Å². The van der Waals surface area contributed by atoms with Gasteiger partial charge in [-0.3, -0.25) is 14.9 Å². The Balaban J connectivity index is 2.48. The van der Waals surface area contributed by atoms with Crippen LogP contribution in [0.25, 0.3) is 0 Å². The van der Waals surface area contributed by atoms with Crippen LogP contribution in [0.15, 0.2) is 0 Å². The molecule has 0 aromatic carbocycles. The van der Waals surface area contributed by atoms with Gasteiger partial charge in [-0.2, -0.15) is 0 Å². The Morgan fingerprint density at radius 3 is 2.75 bits per heavy atom. The van der Waals surface area contributed by atoms with Gasteiger partial charge >= 0.3 is 0 Å². The van der Waals surface area contributed by atoms with Gasteiger partial charge in [0.15, 0.2) is 0 Å². The second kappa shape index (κ2) is 3.21. The zero-order chi connectivity index (χ0) is 9.19. The van der Waals surface area contributed by atoms with Crippen LogP contribution in [0.1, 0.15) is 32.6 Å². The maximum Gasteiger partial charge on any atom is 0.204 e.